The van der Waals surface area contributed by atoms with Gasteiger partial charge < -0.3 is 4.90 Å². The number of hydrogen-bond donors (Lipinski definition) is 0. The fourth-order valence-electron chi connectivity index (χ4n) is 4.07. The summed E-state index contributed by atoms with van der Waals surface area (Å²) >= 11 is 0. The topological polar surface area (TPSA) is 78.0 Å². The standard InChI is InChI=1S/C23H27N3O4S/c1-3-18-8-10-19(11-9-18)26-23(28)25(16-22(27)24-14-12-17(2)13-15-24)20-6-4-5-7-21(20)31(26,29)30/h4-11,17H,3,12-16H2,1-2H3. The van der Waals surface area contributed by atoms with Crippen LogP contribution in [0.3, 0.4) is 0 Å². The van der Waals surface area contributed by atoms with Crippen molar-refractivity contribution in [1.82, 2.24) is 4.90 Å². The Labute approximate surface area is 183 Å². The van der Waals surface area contributed by atoms with E-state index in [4.69, 9.17) is 0 Å². The number of likely N-dealkylation sites (tertiary alicyclic amines) is 1. The van der Waals surface area contributed by atoms with Crippen LogP contribution in [0.2, 0.25) is 0 Å². The molecule has 164 valence electrons. The minimum absolute atomic E-state index is 0.0224. The van der Waals surface area contributed by atoms with E-state index in [0.717, 1.165) is 29.1 Å². The van der Waals surface area contributed by atoms with Crippen molar-refractivity contribution in [2.45, 2.75) is 38.0 Å². The summed E-state index contributed by atoms with van der Waals surface area (Å²) in [6, 6.07) is 12.5. The molecule has 4 rings (SSSR count). The number of benzene rings is 2. The van der Waals surface area contributed by atoms with Gasteiger partial charge in [-0.2, -0.15) is 4.31 Å². The summed E-state index contributed by atoms with van der Waals surface area (Å²) in [5.41, 5.74) is 1.55. The second-order valence-corrected chi connectivity index (χ2v) is 9.94. The van der Waals surface area contributed by atoms with Gasteiger partial charge in [0.15, 0.2) is 0 Å². The highest BCUT2D eigenvalue weighted by Gasteiger charge is 2.43. The molecule has 0 saturated carbocycles. The first kappa shape index (κ1) is 21.4. The molecule has 0 unspecified atom stereocenters. The number of piperidine rings is 1. The van der Waals surface area contributed by atoms with Gasteiger partial charge in [-0.25, -0.2) is 13.2 Å². The van der Waals surface area contributed by atoms with Gasteiger partial charge in [0.25, 0.3) is 10.0 Å². The quantitative estimate of drug-likeness (QED) is 0.726. The average molecular weight is 442 g/mol. The normalized spacial score (nSPS) is 18.8. The first-order valence-corrected chi connectivity index (χ1v) is 12.1. The Morgan fingerprint density at radius 2 is 1.68 bits per heavy atom. The maximum Gasteiger partial charge on any atom is 0.343 e. The fraction of sp³-hybridized carbons (Fsp3) is 0.391. The van der Waals surface area contributed by atoms with Gasteiger partial charge in [0.05, 0.1) is 11.4 Å². The first-order valence-electron chi connectivity index (χ1n) is 10.7. The molecule has 0 bridgehead atoms. The van der Waals surface area contributed by atoms with Crippen LogP contribution in [0.1, 0.15) is 32.3 Å². The monoisotopic (exact) mass is 441 g/mol. The van der Waals surface area contributed by atoms with E-state index in [9.17, 15) is 18.0 Å². The zero-order valence-electron chi connectivity index (χ0n) is 17.8. The lowest BCUT2D eigenvalue weighted by molar-refractivity contribution is -0.130. The maximum atomic E-state index is 13.4. The molecule has 1 fully saturated rings. The molecular formula is C23H27N3O4S. The number of anilines is 2. The lowest BCUT2D eigenvalue weighted by atomic mass is 9.99. The van der Waals surface area contributed by atoms with Crippen molar-refractivity contribution in [2.75, 3.05) is 28.8 Å². The fourth-order valence-corrected chi connectivity index (χ4v) is 5.67. The van der Waals surface area contributed by atoms with Crippen LogP contribution in [-0.2, 0) is 21.2 Å². The third kappa shape index (κ3) is 3.92. The largest absolute Gasteiger partial charge is 0.343 e. The van der Waals surface area contributed by atoms with Gasteiger partial charge in [0, 0.05) is 13.1 Å². The van der Waals surface area contributed by atoms with Crippen LogP contribution in [0.4, 0.5) is 16.2 Å². The maximum absolute atomic E-state index is 13.4. The Balaban J connectivity index is 1.71. The molecule has 0 aromatic heterocycles. The molecular weight excluding hydrogens is 414 g/mol. The molecule has 0 atom stereocenters. The number of sulfonamides is 1. The molecule has 7 nitrogen and oxygen atoms in total. The molecule has 2 aliphatic rings. The summed E-state index contributed by atoms with van der Waals surface area (Å²) in [5.74, 6) is 0.406. The van der Waals surface area contributed by atoms with Crippen molar-refractivity contribution in [3.05, 3.63) is 54.1 Å². The number of nitrogens with zero attached hydrogens (tertiary/aromatic N) is 3. The highest BCUT2D eigenvalue weighted by molar-refractivity contribution is 7.94. The molecule has 8 heteroatoms. The van der Waals surface area contributed by atoms with Gasteiger partial charge in [0.2, 0.25) is 5.91 Å². The van der Waals surface area contributed by atoms with Crippen molar-refractivity contribution in [3.63, 3.8) is 0 Å². The number of rotatable bonds is 4. The highest BCUT2D eigenvalue weighted by Crippen LogP contribution is 2.37. The van der Waals surface area contributed by atoms with Crippen LogP contribution < -0.4 is 9.21 Å². The summed E-state index contributed by atoms with van der Waals surface area (Å²) in [5, 5.41) is 0. The number of amides is 3. The van der Waals surface area contributed by atoms with Gasteiger partial charge in [-0.1, -0.05) is 38.1 Å². The third-order valence-electron chi connectivity index (χ3n) is 6.09. The van der Waals surface area contributed by atoms with Gasteiger partial charge in [-0.3, -0.25) is 9.69 Å². The molecule has 2 aliphatic heterocycles. The van der Waals surface area contributed by atoms with Crippen molar-refractivity contribution in [1.29, 1.82) is 0 Å². The molecule has 0 radical (unpaired) electrons. The van der Waals surface area contributed by atoms with Gasteiger partial charge >= 0.3 is 6.03 Å². The van der Waals surface area contributed by atoms with Crippen LogP contribution in [-0.4, -0.2) is 44.9 Å². The summed E-state index contributed by atoms with van der Waals surface area (Å²) in [6.07, 6.45) is 2.67. The number of hydrogen-bond acceptors (Lipinski definition) is 4. The van der Waals surface area contributed by atoms with Crippen LogP contribution in [0.5, 0.6) is 0 Å². The SMILES string of the molecule is CCc1ccc(N2C(=O)N(CC(=O)N3CCC(C)CC3)c3ccccc3S2(=O)=O)cc1. The molecule has 2 aromatic rings. The van der Waals surface area contributed by atoms with Gasteiger partial charge in [-0.05, 0) is 55.0 Å². The van der Waals surface area contributed by atoms with E-state index < -0.39 is 16.1 Å². The van der Waals surface area contributed by atoms with Crippen molar-refractivity contribution >= 4 is 33.3 Å². The Hall–Kier alpha value is -2.87. The summed E-state index contributed by atoms with van der Waals surface area (Å²) in [4.78, 5) is 29.5. The second kappa shape index (κ2) is 8.34. The minimum Gasteiger partial charge on any atom is -0.341 e. The van der Waals surface area contributed by atoms with Crippen LogP contribution >= 0.6 is 0 Å². The first-order chi connectivity index (χ1) is 14.8. The van der Waals surface area contributed by atoms with Crippen LogP contribution in [0.15, 0.2) is 53.4 Å². The smallest absolute Gasteiger partial charge is 0.341 e. The molecule has 1 saturated heterocycles. The highest BCUT2D eigenvalue weighted by atomic mass is 32.2. The number of urea groups is 1. The lowest BCUT2D eigenvalue weighted by Crippen LogP contribution is -2.54. The lowest BCUT2D eigenvalue weighted by Gasteiger charge is -2.37. The average Bonchev–Trinajstić information content (AvgIpc) is 2.77. The molecule has 0 N–H and O–H groups in total. The van der Waals surface area contributed by atoms with E-state index in [-0.39, 0.29) is 28.7 Å². The molecule has 3 amide bonds. The number of aryl methyl sites for hydroxylation is 1. The van der Waals surface area contributed by atoms with Gasteiger partial charge in [-0.15, -0.1) is 0 Å². The number of carbonyl (C=O) groups is 2. The predicted molar refractivity (Wildman–Crippen MR) is 120 cm³/mol. The Kier molecular flexibility index (Phi) is 5.75. The summed E-state index contributed by atoms with van der Waals surface area (Å²) < 4.78 is 27.4. The summed E-state index contributed by atoms with van der Waals surface area (Å²) in [6.45, 7) is 5.29. The number of fused-ring (bicyclic) bond motifs is 1. The van der Waals surface area contributed by atoms with Crippen molar-refractivity contribution in [2.24, 2.45) is 5.92 Å². The Bertz CT molecular complexity index is 1090. The van der Waals surface area contributed by atoms with E-state index >= 15 is 0 Å². The molecule has 0 spiro atoms. The second-order valence-electron chi connectivity index (χ2n) is 8.19. The zero-order valence-corrected chi connectivity index (χ0v) is 18.6. The third-order valence-corrected chi connectivity index (χ3v) is 7.84. The van der Waals surface area contributed by atoms with Crippen LogP contribution in [0.25, 0.3) is 0 Å². The number of para-hydroxylation sites is 1. The van der Waals surface area contributed by atoms with E-state index in [0.29, 0.717) is 19.0 Å². The molecule has 31 heavy (non-hydrogen) atoms. The zero-order chi connectivity index (χ0) is 22.2. The number of carbonyl (C=O) groups excluding carboxylic acids is 2. The van der Waals surface area contributed by atoms with Crippen molar-refractivity contribution < 1.29 is 18.0 Å². The Morgan fingerprint density at radius 1 is 1.03 bits per heavy atom. The van der Waals surface area contributed by atoms with E-state index in [1.165, 1.54) is 11.0 Å². The van der Waals surface area contributed by atoms with Crippen molar-refractivity contribution in [3.8, 4) is 0 Å². The van der Waals surface area contributed by atoms with Crippen LogP contribution in [0, 0.1) is 5.92 Å². The van der Waals surface area contributed by atoms with E-state index in [1.54, 1.807) is 35.2 Å². The molecule has 2 heterocycles. The predicted octanol–water partition coefficient (Wildman–Crippen LogP) is 3.64. The summed E-state index contributed by atoms with van der Waals surface area (Å²) in [7, 11) is -4.09. The van der Waals surface area contributed by atoms with Gasteiger partial charge in [0.1, 0.15) is 11.4 Å². The van der Waals surface area contributed by atoms with E-state index in [2.05, 4.69) is 6.92 Å². The molecule has 0 aliphatic carbocycles. The minimum atomic E-state index is -4.09. The Morgan fingerprint density at radius 3 is 2.32 bits per heavy atom. The van der Waals surface area contributed by atoms with E-state index in [1.807, 2.05) is 19.1 Å². The molecule has 2 aromatic carbocycles.